The third-order valence-electron chi connectivity index (χ3n) is 4.48. The number of anilines is 1. The van der Waals surface area contributed by atoms with Gasteiger partial charge in [-0.2, -0.15) is 5.10 Å². The average molecular weight is 315 g/mol. The molecule has 23 heavy (non-hydrogen) atoms. The highest BCUT2D eigenvalue weighted by atomic mass is 16.3. The molecule has 1 aliphatic rings. The molecule has 0 atom stereocenters. The first kappa shape index (κ1) is 15.9. The third-order valence-corrected chi connectivity index (χ3v) is 4.48. The number of aromatic nitrogens is 4. The molecule has 6 nitrogen and oxygen atoms in total. The van der Waals surface area contributed by atoms with Gasteiger partial charge in [-0.25, -0.2) is 9.67 Å². The van der Waals surface area contributed by atoms with Gasteiger partial charge in [0.1, 0.15) is 5.82 Å². The summed E-state index contributed by atoms with van der Waals surface area (Å²) in [7, 11) is 0. The van der Waals surface area contributed by atoms with Crippen molar-refractivity contribution in [2.45, 2.75) is 58.0 Å². The van der Waals surface area contributed by atoms with Crippen molar-refractivity contribution < 1.29 is 5.11 Å². The zero-order chi connectivity index (χ0) is 16.3. The van der Waals surface area contributed by atoms with Crippen molar-refractivity contribution in [2.24, 2.45) is 0 Å². The molecule has 0 aromatic carbocycles. The number of nitrogens with zero attached hydrogens (tertiary/aromatic N) is 4. The minimum absolute atomic E-state index is 0.516. The van der Waals surface area contributed by atoms with E-state index in [0.717, 1.165) is 37.1 Å². The van der Waals surface area contributed by atoms with Crippen molar-refractivity contribution in [1.29, 1.82) is 0 Å². The lowest BCUT2D eigenvalue weighted by atomic mass is 9.94. The van der Waals surface area contributed by atoms with Crippen molar-refractivity contribution in [2.75, 3.05) is 11.9 Å². The van der Waals surface area contributed by atoms with Crippen LogP contribution in [0.2, 0.25) is 0 Å². The second-order valence-corrected chi connectivity index (χ2v) is 6.59. The average Bonchev–Trinajstić information content (AvgIpc) is 2.73. The van der Waals surface area contributed by atoms with Crippen molar-refractivity contribution in [1.82, 2.24) is 19.7 Å². The molecule has 0 radical (unpaired) electrons. The van der Waals surface area contributed by atoms with E-state index in [0.29, 0.717) is 18.2 Å². The van der Waals surface area contributed by atoms with Gasteiger partial charge in [0.25, 0.3) is 0 Å². The Labute approximate surface area is 137 Å². The van der Waals surface area contributed by atoms with E-state index in [4.69, 9.17) is 0 Å². The zero-order valence-electron chi connectivity index (χ0n) is 13.9. The topological polar surface area (TPSA) is 75.9 Å². The van der Waals surface area contributed by atoms with Crippen LogP contribution in [0, 0.1) is 13.8 Å². The number of rotatable bonds is 4. The van der Waals surface area contributed by atoms with E-state index < -0.39 is 5.60 Å². The largest absolute Gasteiger partial charge is 0.388 e. The van der Waals surface area contributed by atoms with Crippen molar-refractivity contribution in [3.63, 3.8) is 0 Å². The fourth-order valence-corrected chi connectivity index (χ4v) is 3.22. The van der Waals surface area contributed by atoms with E-state index in [1.54, 1.807) is 17.1 Å². The van der Waals surface area contributed by atoms with E-state index >= 15 is 0 Å². The second-order valence-electron chi connectivity index (χ2n) is 6.59. The summed E-state index contributed by atoms with van der Waals surface area (Å²) in [6, 6.07) is 2.01. The summed E-state index contributed by atoms with van der Waals surface area (Å²) >= 11 is 0. The van der Waals surface area contributed by atoms with E-state index in [1.807, 2.05) is 19.9 Å². The maximum Gasteiger partial charge on any atom is 0.174 e. The molecule has 124 valence electrons. The van der Waals surface area contributed by atoms with Gasteiger partial charge < -0.3 is 10.4 Å². The number of hydrogen-bond acceptors (Lipinski definition) is 5. The van der Waals surface area contributed by atoms with Gasteiger partial charge in [-0.3, -0.25) is 4.98 Å². The molecule has 1 saturated carbocycles. The lowest BCUT2D eigenvalue weighted by molar-refractivity contribution is 0.0380. The van der Waals surface area contributed by atoms with E-state index in [9.17, 15) is 5.11 Å². The number of hydrogen-bond donors (Lipinski definition) is 2. The van der Waals surface area contributed by atoms with Crippen LogP contribution in [-0.2, 0) is 0 Å². The molecule has 2 heterocycles. The van der Waals surface area contributed by atoms with Gasteiger partial charge in [0.2, 0.25) is 0 Å². The fourth-order valence-electron chi connectivity index (χ4n) is 3.22. The van der Waals surface area contributed by atoms with Crippen LogP contribution in [0.1, 0.15) is 49.9 Å². The highest BCUT2D eigenvalue weighted by Crippen LogP contribution is 2.27. The molecule has 2 aromatic rings. The van der Waals surface area contributed by atoms with Crippen LogP contribution >= 0.6 is 0 Å². The second kappa shape index (κ2) is 6.66. The third kappa shape index (κ3) is 3.88. The summed E-state index contributed by atoms with van der Waals surface area (Å²) in [6.45, 7) is 4.47. The van der Waals surface area contributed by atoms with Crippen LogP contribution in [0.15, 0.2) is 18.5 Å². The van der Waals surface area contributed by atoms with Crippen LogP contribution in [-0.4, -0.2) is 37.0 Å². The lowest BCUT2D eigenvalue weighted by Gasteiger charge is -2.27. The van der Waals surface area contributed by atoms with E-state index in [-0.39, 0.29) is 0 Å². The predicted octanol–water partition coefficient (Wildman–Crippen LogP) is 2.78. The molecule has 2 aromatic heterocycles. The number of aryl methyl sites for hydroxylation is 2. The Bertz CT molecular complexity index is 659. The van der Waals surface area contributed by atoms with Crippen LogP contribution in [0.25, 0.3) is 5.82 Å². The minimum Gasteiger partial charge on any atom is -0.388 e. The minimum atomic E-state index is -0.633. The van der Waals surface area contributed by atoms with Gasteiger partial charge in [0.15, 0.2) is 5.82 Å². The van der Waals surface area contributed by atoms with Crippen LogP contribution in [0.5, 0.6) is 0 Å². The summed E-state index contributed by atoms with van der Waals surface area (Å²) in [6.07, 6.45) is 9.71. The number of aliphatic hydroxyl groups is 1. The quantitative estimate of drug-likeness (QED) is 0.849. The first-order valence-electron chi connectivity index (χ1n) is 8.38. The lowest BCUT2D eigenvalue weighted by Crippen LogP contribution is -2.36. The molecule has 1 fully saturated rings. The molecule has 0 unspecified atom stereocenters. The van der Waals surface area contributed by atoms with Gasteiger partial charge in [-0.1, -0.05) is 25.7 Å². The van der Waals surface area contributed by atoms with Crippen LogP contribution in [0.3, 0.4) is 0 Å². The summed E-state index contributed by atoms with van der Waals surface area (Å²) < 4.78 is 1.79. The normalized spacial score (nSPS) is 17.7. The maximum atomic E-state index is 10.7. The summed E-state index contributed by atoms with van der Waals surface area (Å²) in [5, 5.41) is 18.4. The van der Waals surface area contributed by atoms with Gasteiger partial charge in [0.05, 0.1) is 23.7 Å². The summed E-state index contributed by atoms with van der Waals surface area (Å²) in [5.74, 6) is 1.36. The van der Waals surface area contributed by atoms with Crippen molar-refractivity contribution in [3.05, 3.63) is 29.8 Å². The van der Waals surface area contributed by atoms with Crippen molar-refractivity contribution >= 4 is 5.82 Å². The molecule has 0 spiro atoms. The van der Waals surface area contributed by atoms with E-state index in [1.165, 1.54) is 12.8 Å². The molecular formula is C17H25N5O. The smallest absolute Gasteiger partial charge is 0.174 e. The Hall–Kier alpha value is -1.95. The molecule has 6 heteroatoms. The highest BCUT2D eigenvalue weighted by molar-refractivity contribution is 5.37. The van der Waals surface area contributed by atoms with Gasteiger partial charge in [-0.05, 0) is 32.8 Å². The predicted molar refractivity (Wildman–Crippen MR) is 89.8 cm³/mol. The summed E-state index contributed by atoms with van der Waals surface area (Å²) in [5.41, 5.74) is 1.35. The Morgan fingerprint density at radius 1 is 1.17 bits per heavy atom. The highest BCUT2D eigenvalue weighted by Gasteiger charge is 2.27. The maximum absolute atomic E-state index is 10.7. The molecule has 0 amide bonds. The van der Waals surface area contributed by atoms with Crippen LogP contribution < -0.4 is 5.32 Å². The van der Waals surface area contributed by atoms with Crippen LogP contribution in [0.4, 0.5) is 5.82 Å². The van der Waals surface area contributed by atoms with E-state index in [2.05, 4.69) is 20.4 Å². The molecule has 0 saturated heterocycles. The molecular weight excluding hydrogens is 290 g/mol. The monoisotopic (exact) mass is 315 g/mol. The Balaban J connectivity index is 1.71. The SMILES string of the molecule is Cc1cc(C)n(-c2cncc(NCC3(O)CCCCCC3)n2)n1. The first-order chi connectivity index (χ1) is 11.1. The molecule has 1 aliphatic carbocycles. The number of nitrogens with one attached hydrogen (secondary N) is 1. The van der Waals surface area contributed by atoms with Gasteiger partial charge in [0, 0.05) is 12.2 Å². The fraction of sp³-hybridized carbons (Fsp3) is 0.588. The standard InChI is InChI=1S/C17H25N5O/c1-13-9-14(2)22(21-13)16-11-18-10-15(20-16)19-12-17(23)7-5-3-4-6-8-17/h9-11,23H,3-8,12H2,1-2H3,(H,19,20). The molecule has 0 aliphatic heterocycles. The Morgan fingerprint density at radius 3 is 2.57 bits per heavy atom. The van der Waals surface area contributed by atoms with Crippen molar-refractivity contribution in [3.8, 4) is 5.82 Å². The molecule has 2 N–H and O–H groups in total. The first-order valence-corrected chi connectivity index (χ1v) is 8.38. The molecule has 0 bridgehead atoms. The molecule has 3 rings (SSSR count). The Morgan fingerprint density at radius 2 is 1.91 bits per heavy atom. The van der Waals surface area contributed by atoms with Gasteiger partial charge >= 0.3 is 0 Å². The Kier molecular flexibility index (Phi) is 4.61. The zero-order valence-corrected chi connectivity index (χ0v) is 13.9. The summed E-state index contributed by atoms with van der Waals surface area (Å²) in [4.78, 5) is 8.82. The van der Waals surface area contributed by atoms with Gasteiger partial charge in [-0.15, -0.1) is 0 Å².